The second-order valence-electron chi connectivity index (χ2n) is 4.77. The molecule has 3 aromatic rings. The molecule has 0 aliphatic rings. The van der Waals surface area contributed by atoms with Gasteiger partial charge in [0.05, 0.1) is 7.11 Å². The van der Waals surface area contributed by atoms with Gasteiger partial charge in [-0.05, 0) is 6.92 Å². The highest BCUT2D eigenvalue weighted by atomic mass is 16.5. The van der Waals surface area contributed by atoms with Crippen molar-refractivity contribution in [2.45, 2.75) is 6.92 Å². The van der Waals surface area contributed by atoms with E-state index >= 15 is 0 Å². The molecule has 0 aliphatic heterocycles. The summed E-state index contributed by atoms with van der Waals surface area (Å²) in [5.74, 6) is 0.804. The maximum Gasteiger partial charge on any atom is 0.197 e. The largest absolute Gasteiger partial charge is 0.507 e. The van der Waals surface area contributed by atoms with Crippen LogP contribution in [0.3, 0.4) is 0 Å². The van der Waals surface area contributed by atoms with Crippen molar-refractivity contribution in [2.24, 2.45) is 0 Å². The van der Waals surface area contributed by atoms with Crippen LogP contribution in [-0.4, -0.2) is 12.2 Å². The monoisotopic (exact) mass is 282 g/mol. The average molecular weight is 282 g/mol. The molecule has 3 rings (SSSR count). The zero-order chi connectivity index (χ0) is 15.0. The zero-order valence-corrected chi connectivity index (χ0v) is 11.7. The van der Waals surface area contributed by atoms with Gasteiger partial charge in [-0.3, -0.25) is 4.79 Å². The Morgan fingerprint density at radius 3 is 2.52 bits per heavy atom. The van der Waals surface area contributed by atoms with Gasteiger partial charge in [-0.15, -0.1) is 0 Å². The Morgan fingerprint density at radius 1 is 1.14 bits per heavy atom. The second kappa shape index (κ2) is 4.98. The van der Waals surface area contributed by atoms with E-state index in [0.717, 1.165) is 5.56 Å². The van der Waals surface area contributed by atoms with Gasteiger partial charge in [0.1, 0.15) is 28.2 Å². The third kappa shape index (κ3) is 2.14. The molecule has 0 amide bonds. The molecule has 0 radical (unpaired) electrons. The van der Waals surface area contributed by atoms with Crippen LogP contribution < -0.4 is 10.2 Å². The Morgan fingerprint density at radius 2 is 1.86 bits per heavy atom. The molecule has 1 aromatic heterocycles. The van der Waals surface area contributed by atoms with Crippen LogP contribution in [0.15, 0.2) is 51.7 Å². The number of rotatable bonds is 2. The first-order valence-corrected chi connectivity index (χ1v) is 6.51. The quantitative estimate of drug-likeness (QED) is 0.781. The van der Waals surface area contributed by atoms with Crippen molar-refractivity contribution in [3.05, 3.63) is 58.3 Å². The molecule has 21 heavy (non-hydrogen) atoms. The summed E-state index contributed by atoms with van der Waals surface area (Å²) in [7, 11) is 1.51. The number of phenols is 1. The van der Waals surface area contributed by atoms with Crippen LogP contribution in [-0.2, 0) is 0 Å². The van der Waals surface area contributed by atoms with Crippen molar-refractivity contribution in [1.82, 2.24) is 0 Å². The summed E-state index contributed by atoms with van der Waals surface area (Å²) >= 11 is 0. The molecular formula is C17H14O4. The normalized spacial score (nSPS) is 10.8. The minimum atomic E-state index is -0.279. The highest BCUT2D eigenvalue weighted by Crippen LogP contribution is 2.34. The lowest BCUT2D eigenvalue weighted by molar-refractivity contribution is 0.405. The van der Waals surface area contributed by atoms with Crippen molar-refractivity contribution >= 4 is 11.0 Å². The maximum absolute atomic E-state index is 12.3. The molecule has 0 aliphatic carbocycles. The lowest BCUT2D eigenvalue weighted by atomic mass is 10.1. The molecular weight excluding hydrogens is 268 g/mol. The first kappa shape index (κ1) is 13.2. The third-order valence-electron chi connectivity index (χ3n) is 3.46. The van der Waals surface area contributed by atoms with Gasteiger partial charge in [0.15, 0.2) is 5.43 Å². The summed E-state index contributed by atoms with van der Waals surface area (Å²) in [6.07, 6.45) is 0. The van der Waals surface area contributed by atoms with E-state index in [-0.39, 0.29) is 16.6 Å². The molecule has 0 spiro atoms. The molecule has 0 atom stereocenters. The van der Waals surface area contributed by atoms with Crippen molar-refractivity contribution < 1.29 is 14.3 Å². The molecule has 0 saturated heterocycles. The van der Waals surface area contributed by atoms with Gasteiger partial charge in [-0.2, -0.15) is 0 Å². The number of fused-ring (bicyclic) bond motifs is 1. The topological polar surface area (TPSA) is 59.7 Å². The first-order chi connectivity index (χ1) is 10.1. The van der Waals surface area contributed by atoms with E-state index in [9.17, 15) is 9.90 Å². The van der Waals surface area contributed by atoms with E-state index in [1.807, 2.05) is 30.3 Å². The number of hydrogen-bond acceptors (Lipinski definition) is 4. The number of aryl methyl sites for hydroxylation is 1. The van der Waals surface area contributed by atoms with Crippen molar-refractivity contribution in [1.29, 1.82) is 0 Å². The Bertz CT molecular complexity index is 863. The van der Waals surface area contributed by atoms with E-state index in [0.29, 0.717) is 22.7 Å². The maximum atomic E-state index is 12.3. The molecule has 0 saturated carbocycles. The summed E-state index contributed by atoms with van der Waals surface area (Å²) in [5, 5.41) is 10.2. The van der Waals surface area contributed by atoms with Gasteiger partial charge in [0, 0.05) is 23.3 Å². The number of benzene rings is 2. The van der Waals surface area contributed by atoms with Crippen molar-refractivity contribution in [3.8, 4) is 22.8 Å². The standard InChI is InChI=1S/C17H14O4/c1-10-14(20-2)8-12(18)16-13(19)9-15(21-17(10)16)11-6-4-3-5-7-11/h3-9,18H,1-2H3. The van der Waals surface area contributed by atoms with Gasteiger partial charge >= 0.3 is 0 Å². The number of methoxy groups -OCH3 is 1. The predicted molar refractivity (Wildman–Crippen MR) is 80.9 cm³/mol. The smallest absolute Gasteiger partial charge is 0.197 e. The van der Waals surface area contributed by atoms with E-state index in [4.69, 9.17) is 9.15 Å². The minimum absolute atomic E-state index is 0.138. The van der Waals surface area contributed by atoms with E-state index < -0.39 is 0 Å². The molecule has 0 unspecified atom stereocenters. The van der Waals surface area contributed by atoms with Crippen LogP contribution >= 0.6 is 0 Å². The van der Waals surface area contributed by atoms with Gasteiger partial charge < -0.3 is 14.3 Å². The van der Waals surface area contributed by atoms with Crippen LogP contribution in [0.2, 0.25) is 0 Å². The summed E-state index contributed by atoms with van der Waals surface area (Å²) in [4.78, 5) is 12.3. The fourth-order valence-corrected chi connectivity index (χ4v) is 2.37. The fourth-order valence-electron chi connectivity index (χ4n) is 2.37. The van der Waals surface area contributed by atoms with Crippen LogP contribution in [0.4, 0.5) is 0 Å². The van der Waals surface area contributed by atoms with E-state index in [1.54, 1.807) is 6.92 Å². The molecule has 4 heteroatoms. The number of aromatic hydroxyl groups is 1. The summed E-state index contributed by atoms with van der Waals surface area (Å²) in [6, 6.07) is 12.2. The number of ether oxygens (including phenoxy) is 1. The molecule has 4 nitrogen and oxygen atoms in total. The zero-order valence-electron chi connectivity index (χ0n) is 11.7. The molecule has 0 fully saturated rings. The highest BCUT2D eigenvalue weighted by Gasteiger charge is 2.16. The van der Waals surface area contributed by atoms with E-state index in [1.165, 1.54) is 19.2 Å². The SMILES string of the molecule is COc1cc(O)c2c(=O)cc(-c3ccccc3)oc2c1C. The lowest BCUT2D eigenvalue weighted by Gasteiger charge is -2.10. The highest BCUT2D eigenvalue weighted by molar-refractivity contribution is 5.89. The Labute approximate surface area is 121 Å². The van der Waals surface area contributed by atoms with Crippen molar-refractivity contribution in [2.75, 3.05) is 7.11 Å². The molecule has 106 valence electrons. The lowest BCUT2D eigenvalue weighted by Crippen LogP contribution is -2.02. The van der Waals surface area contributed by atoms with Crippen LogP contribution in [0.5, 0.6) is 11.5 Å². The Hall–Kier alpha value is -2.75. The third-order valence-corrected chi connectivity index (χ3v) is 3.46. The summed E-state index contributed by atoms with van der Waals surface area (Å²) in [5.41, 5.74) is 1.55. The predicted octanol–water partition coefficient (Wildman–Crippen LogP) is 3.48. The second-order valence-corrected chi connectivity index (χ2v) is 4.77. The first-order valence-electron chi connectivity index (χ1n) is 6.51. The van der Waals surface area contributed by atoms with Gasteiger partial charge in [-0.25, -0.2) is 0 Å². The van der Waals surface area contributed by atoms with Gasteiger partial charge in [0.25, 0.3) is 0 Å². The molecule has 0 bridgehead atoms. The number of hydrogen-bond donors (Lipinski definition) is 1. The Kier molecular flexibility index (Phi) is 3.14. The average Bonchev–Trinajstić information content (AvgIpc) is 2.51. The summed E-state index contributed by atoms with van der Waals surface area (Å²) < 4.78 is 11.0. The minimum Gasteiger partial charge on any atom is -0.507 e. The Balaban J connectivity index is 2.38. The van der Waals surface area contributed by atoms with Gasteiger partial charge in [-0.1, -0.05) is 30.3 Å². The molecule has 2 aromatic carbocycles. The molecule has 1 heterocycles. The van der Waals surface area contributed by atoms with Gasteiger partial charge in [0.2, 0.25) is 0 Å². The van der Waals surface area contributed by atoms with Crippen LogP contribution in [0.25, 0.3) is 22.3 Å². The fraction of sp³-hybridized carbons (Fsp3) is 0.118. The van der Waals surface area contributed by atoms with Crippen molar-refractivity contribution in [3.63, 3.8) is 0 Å². The van der Waals surface area contributed by atoms with Crippen LogP contribution in [0, 0.1) is 6.92 Å². The number of phenolic OH excluding ortho intramolecular Hbond substituents is 1. The molecule has 1 N–H and O–H groups in total. The van der Waals surface area contributed by atoms with Crippen LogP contribution in [0.1, 0.15) is 5.56 Å². The summed E-state index contributed by atoms with van der Waals surface area (Å²) in [6.45, 7) is 1.79. The van der Waals surface area contributed by atoms with E-state index in [2.05, 4.69) is 0 Å².